The minimum atomic E-state index is -0.322. The first kappa shape index (κ1) is 20.9. The van der Waals surface area contributed by atoms with E-state index in [1.54, 1.807) is 44.4 Å². The molecular weight excluding hydrogens is 382 g/mol. The van der Waals surface area contributed by atoms with E-state index in [2.05, 4.69) is 15.3 Å². The molecule has 0 spiro atoms. The second-order valence-corrected chi connectivity index (χ2v) is 6.56. The number of carbonyl (C=O) groups is 1. The number of hydrogen-bond acceptors (Lipinski definition) is 5. The van der Waals surface area contributed by atoms with Crippen LogP contribution in [0.2, 0.25) is 0 Å². The van der Waals surface area contributed by atoms with E-state index >= 15 is 0 Å². The normalized spacial score (nSPS) is 10.8. The van der Waals surface area contributed by atoms with Crippen molar-refractivity contribution >= 4 is 17.7 Å². The number of benzene rings is 2. The van der Waals surface area contributed by atoms with Gasteiger partial charge in [-0.05, 0) is 43.7 Å². The molecule has 0 radical (unpaired) electrons. The summed E-state index contributed by atoms with van der Waals surface area (Å²) in [7, 11) is 1.55. The average molecular weight is 405 g/mol. The van der Waals surface area contributed by atoms with E-state index in [0.29, 0.717) is 34.3 Å². The minimum Gasteiger partial charge on any atom is -0.493 e. The highest BCUT2D eigenvalue weighted by Crippen LogP contribution is 2.28. The molecule has 2 aromatic carbocycles. The van der Waals surface area contributed by atoms with Crippen LogP contribution in [0.15, 0.2) is 59.4 Å². The summed E-state index contributed by atoms with van der Waals surface area (Å²) in [6, 6.07) is 14.0. The first-order chi connectivity index (χ1) is 14.5. The molecular formula is C23H23N3O4. The fourth-order valence-corrected chi connectivity index (χ4v) is 2.90. The number of amides is 1. The number of aromatic nitrogens is 2. The number of hydrogen-bond donors (Lipinski definition) is 2. The number of carbonyl (C=O) groups excluding carboxylic acids is 1. The Morgan fingerprint density at radius 2 is 2.00 bits per heavy atom. The van der Waals surface area contributed by atoms with Crippen LogP contribution < -0.4 is 20.3 Å². The Labute approximate surface area is 174 Å². The predicted octanol–water partition coefficient (Wildman–Crippen LogP) is 3.80. The first-order valence-electron chi connectivity index (χ1n) is 9.40. The van der Waals surface area contributed by atoms with E-state index in [1.807, 2.05) is 31.2 Å². The molecule has 1 heterocycles. The number of nitrogens with one attached hydrogen (secondary N) is 2. The number of methoxy groups -OCH3 is 1. The highest BCUT2D eigenvalue weighted by Gasteiger charge is 2.10. The van der Waals surface area contributed by atoms with Crippen molar-refractivity contribution in [3.63, 3.8) is 0 Å². The predicted molar refractivity (Wildman–Crippen MR) is 117 cm³/mol. The van der Waals surface area contributed by atoms with E-state index in [0.717, 1.165) is 5.56 Å². The second kappa shape index (κ2) is 9.56. The van der Waals surface area contributed by atoms with Gasteiger partial charge >= 0.3 is 0 Å². The lowest BCUT2D eigenvalue weighted by Crippen LogP contribution is -2.20. The molecule has 0 aliphatic carbocycles. The molecule has 1 aromatic heterocycles. The lowest BCUT2D eigenvalue weighted by molar-refractivity contribution is -0.118. The maximum atomic E-state index is 12.3. The summed E-state index contributed by atoms with van der Waals surface area (Å²) >= 11 is 0. The molecule has 0 aliphatic heterocycles. The van der Waals surface area contributed by atoms with Gasteiger partial charge in [-0.2, -0.15) is 0 Å². The van der Waals surface area contributed by atoms with Crippen molar-refractivity contribution in [2.24, 2.45) is 0 Å². The molecule has 1 amide bonds. The molecule has 0 bridgehead atoms. The summed E-state index contributed by atoms with van der Waals surface area (Å²) < 4.78 is 11.0. The van der Waals surface area contributed by atoms with Gasteiger partial charge in [-0.1, -0.05) is 30.4 Å². The number of aryl methyl sites for hydroxylation is 1. The number of rotatable bonds is 7. The van der Waals surface area contributed by atoms with Gasteiger partial charge in [0.25, 0.3) is 11.5 Å². The molecule has 0 aliphatic rings. The number of allylic oxidation sites excluding steroid dienone is 1. The van der Waals surface area contributed by atoms with Crippen LogP contribution in [0.1, 0.15) is 18.2 Å². The van der Waals surface area contributed by atoms with E-state index in [4.69, 9.17) is 9.47 Å². The number of H-pyrrole nitrogens is 1. The third-order valence-electron chi connectivity index (χ3n) is 4.20. The topological polar surface area (TPSA) is 93.3 Å². The van der Waals surface area contributed by atoms with Gasteiger partial charge in [0.15, 0.2) is 18.1 Å². The zero-order valence-corrected chi connectivity index (χ0v) is 17.1. The summed E-state index contributed by atoms with van der Waals surface area (Å²) in [6.45, 7) is 3.51. The highest BCUT2D eigenvalue weighted by atomic mass is 16.5. The zero-order valence-electron chi connectivity index (χ0n) is 17.1. The van der Waals surface area contributed by atoms with Gasteiger partial charge < -0.3 is 19.8 Å². The van der Waals surface area contributed by atoms with Crippen molar-refractivity contribution < 1.29 is 14.3 Å². The lowest BCUT2D eigenvalue weighted by atomic mass is 10.2. The average Bonchev–Trinajstić information content (AvgIpc) is 2.72. The van der Waals surface area contributed by atoms with Gasteiger partial charge in [0.2, 0.25) is 0 Å². The Kier molecular flexibility index (Phi) is 6.64. The first-order valence-corrected chi connectivity index (χ1v) is 9.40. The van der Waals surface area contributed by atoms with Crippen LogP contribution in [0.25, 0.3) is 17.5 Å². The second-order valence-electron chi connectivity index (χ2n) is 6.56. The smallest absolute Gasteiger partial charge is 0.262 e. The molecule has 3 aromatic rings. The van der Waals surface area contributed by atoms with E-state index < -0.39 is 0 Å². The van der Waals surface area contributed by atoms with Gasteiger partial charge in [-0.3, -0.25) is 9.59 Å². The van der Waals surface area contributed by atoms with Crippen LogP contribution in [-0.2, 0) is 4.79 Å². The van der Waals surface area contributed by atoms with Crippen LogP contribution in [0.5, 0.6) is 11.5 Å². The Morgan fingerprint density at radius 3 is 2.73 bits per heavy atom. The van der Waals surface area contributed by atoms with Crippen molar-refractivity contribution in [1.29, 1.82) is 0 Å². The molecule has 0 atom stereocenters. The molecule has 3 rings (SSSR count). The summed E-state index contributed by atoms with van der Waals surface area (Å²) in [4.78, 5) is 31.1. The van der Waals surface area contributed by atoms with Crippen LogP contribution >= 0.6 is 0 Å². The molecule has 2 N–H and O–H groups in total. The Morgan fingerprint density at radius 1 is 1.17 bits per heavy atom. The van der Waals surface area contributed by atoms with E-state index in [1.165, 1.54) is 6.07 Å². The zero-order chi connectivity index (χ0) is 21.5. The van der Waals surface area contributed by atoms with Gasteiger partial charge in [-0.15, -0.1) is 0 Å². The maximum absolute atomic E-state index is 12.3. The van der Waals surface area contributed by atoms with Crippen molar-refractivity contribution in [2.45, 2.75) is 13.8 Å². The minimum absolute atomic E-state index is 0.178. The van der Waals surface area contributed by atoms with Crippen molar-refractivity contribution in [3.05, 3.63) is 76.2 Å². The fraction of sp³-hybridized carbons (Fsp3) is 0.174. The van der Waals surface area contributed by atoms with Crippen molar-refractivity contribution in [3.8, 4) is 22.9 Å². The molecule has 0 saturated carbocycles. The quantitative estimate of drug-likeness (QED) is 0.624. The largest absolute Gasteiger partial charge is 0.493 e. The summed E-state index contributed by atoms with van der Waals surface area (Å²) in [5.74, 6) is 1.15. The number of aromatic amines is 1. The SMILES string of the molecule is CC=Cc1ccc(OCC(=O)Nc2cccc(-c3nc(C)cc(=O)[nH]3)c2)c(OC)c1. The van der Waals surface area contributed by atoms with Crippen molar-refractivity contribution in [1.82, 2.24) is 9.97 Å². The van der Waals surface area contributed by atoms with Gasteiger partial charge in [0, 0.05) is 23.0 Å². The number of nitrogens with zero attached hydrogens (tertiary/aromatic N) is 1. The fourth-order valence-electron chi connectivity index (χ4n) is 2.90. The van der Waals surface area contributed by atoms with Crippen LogP contribution in [0.4, 0.5) is 5.69 Å². The summed E-state index contributed by atoms with van der Waals surface area (Å²) in [5.41, 5.74) is 2.63. The Bertz CT molecular complexity index is 1140. The van der Waals surface area contributed by atoms with Gasteiger partial charge in [0.05, 0.1) is 7.11 Å². The molecule has 0 saturated heterocycles. The van der Waals surface area contributed by atoms with Crippen LogP contribution in [0.3, 0.4) is 0 Å². The lowest BCUT2D eigenvalue weighted by Gasteiger charge is -2.12. The molecule has 154 valence electrons. The maximum Gasteiger partial charge on any atom is 0.262 e. The highest BCUT2D eigenvalue weighted by molar-refractivity contribution is 5.92. The standard InChI is InChI=1S/C23H23N3O4/c1-4-6-16-9-10-19(20(12-16)29-3)30-14-22(28)25-18-8-5-7-17(13-18)23-24-15(2)11-21(27)26-23/h4-13H,14H2,1-3H3,(H,25,28)(H,24,26,27). The number of anilines is 1. The molecule has 0 unspecified atom stereocenters. The monoisotopic (exact) mass is 405 g/mol. The van der Waals surface area contributed by atoms with E-state index in [-0.39, 0.29) is 18.1 Å². The third kappa shape index (κ3) is 5.35. The molecule has 7 nitrogen and oxygen atoms in total. The van der Waals surface area contributed by atoms with E-state index in [9.17, 15) is 9.59 Å². The Balaban J connectivity index is 1.68. The summed E-state index contributed by atoms with van der Waals surface area (Å²) in [6.07, 6.45) is 3.88. The molecule has 30 heavy (non-hydrogen) atoms. The Hall–Kier alpha value is -3.87. The van der Waals surface area contributed by atoms with Crippen LogP contribution in [-0.4, -0.2) is 29.6 Å². The van der Waals surface area contributed by atoms with Gasteiger partial charge in [0.1, 0.15) is 5.82 Å². The molecule has 0 fully saturated rings. The third-order valence-corrected chi connectivity index (χ3v) is 4.20. The summed E-state index contributed by atoms with van der Waals surface area (Å²) in [5, 5.41) is 2.79. The van der Waals surface area contributed by atoms with Crippen molar-refractivity contribution in [2.75, 3.05) is 19.0 Å². The van der Waals surface area contributed by atoms with Gasteiger partial charge in [-0.25, -0.2) is 4.98 Å². The number of ether oxygens (including phenoxy) is 2. The molecule has 7 heteroatoms. The van der Waals surface area contributed by atoms with Crippen LogP contribution in [0, 0.1) is 6.92 Å².